The molecule has 1 unspecified atom stereocenters. The minimum absolute atomic E-state index is 0.472. The topological polar surface area (TPSA) is 29.3 Å². The monoisotopic (exact) mass is 282 g/mol. The number of hydrogen-bond acceptors (Lipinski definition) is 3. The lowest BCUT2D eigenvalue weighted by Crippen LogP contribution is -2.30. The van der Waals surface area contributed by atoms with Crippen molar-refractivity contribution in [3.05, 3.63) is 23.8 Å². The van der Waals surface area contributed by atoms with Crippen molar-refractivity contribution in [2.75, 3.05) is 17.7 Å². The summed E-state index contributed by atoms with van der Waals surface area (Å²) in [5.74, 6) is 1.02. The van der Waals surface area contributed by atoms with Crippen LogP contribution in [0.3, 0.4) is 0 Å². The summed E-state index contributed by atoms with van der Waals surface area (Å²) in [5, 5.41) is 0. The molecule has 0 saturated heterocycles. The molecule has 1 rings (SSSR count). The molecular formula is C14H22N2S2. The molecule has 0 aliphatic rings. The second kappa shape index (κ2) is 7.00. The molecule has 0 fully saturated rings. The van der Waals surface area contributed by atoms with Gasteiger partial charge in [0.05, 0.1) is 0 Å². The van der Waals surface area contributed by atoms with Crippen molar-refractivity contribution >= 4 is 34.7 Å². The SMILES string of the molecule is CCSc1cccc(N(C)C(C)CC)c1C(N)=S. The number of nitrogens with zero attached hydrogens (tertiary/aromatic N) is 1. The Morgan fingerprint density at radius 3 is 2.61 bits per heavy atom. The van der Waals surface area contributed by atoms with Crippen LogP contribution in [-0.4, -0.2) is 23.8 Å². The van der Waals surface area contributed by atoms with E-state index >= 15 is 0 Å². The van der Waals surface area contributed by atoms with E-state index in [2.05, 4.69) is 50.9 Å². The number of thioether (sulfide) groups is 1. The highest BCUT2D eigenvalue weighted by Crippen LogP contribution is 2.31. The quantitative estimate of drug-likeness (QED) is 0.637. The molecule has 0 aliphatic heterocycles. The third kappa shape index (κ3) is 3.39. The van der Waals surface area contributed by atoms with Gasteiger partial charge in [0, 0.05) is 29.2 Å². The molecule has 0 bridgehead atoms. The maximum atomic E-state index is 5.92. The summed E-state index contributed by atoms with van der Waals surface area (Å²) in [6, 6.07) is 6.74. The highest BCUT2D eigenvalue weighted by Gasteiger charge is 2.16. The lowest BCUT2D eigenvalue weighted by atomic mass is 10.1. The van der Waals surface area contributed by atoms with E-state index in [1.54, 1.807) is 11.8 Å². The minimum Gasteiger partial charge on any atom is -0.389 e. The zero-order chi connectivity index (χ0) is 13.7. The highest BCUT2D eigenvalue weighted by atomic mass is 32.2. The van der Waals surface area contributed by atoms with Crippen LogP contribution >= 0.6 is 24.0 Å². The third-order valence-electron chi connectivity index (χ3n) is 3.18. The minimum atomic E-state index is 0.472. The van der Waals surface area contributed by atoms with E-state index in [4.69, 9.17) is 18.0 Å². The molecule has 0 spiro atoms. The summed E-state index contributed by atoms with van der Waals surface area (Å²) in [4.78, 5) is 3.92. The van der Waals surface area contributed by atoms with Crippen LogP contribution in [0.15, 0.2) is 23.1 Å². The molecule has 0 aromatic heterocycles. The van der Waals surface area contributed by atoms with Crippen LogP contribution in [0.1, 0.15) is 32.8 Å². The predicted molar refractivity (Wildman–Crippen MR) is 86.9 cm³/mol. The molecule has 2 nitrogen and oxygen atoms in total. The maximum Gasteiger partial charge on any atom is 0.107 e. The first-order valence-corrected chi connectivity index (χ1v) is 7.70. The Kier molecular flexibility index (Phi) is 5.96. The smallest absolute Gasteiger partial charge is 0.107 e. The predicted octanol–water partition coefficient (Wildman–Crippen LogP) is 3.67. The molecule has 2 N–H and O–H groups in total. The van der Waals surface area contributed by atoms with Gasteiger partial charge in [-0.3, -0.25) is 0 Å². The van der Waals surface area contributed by atoms with Crippen LogP contribution < -0.4 is 10.6 Å². The molecule has 0 radical (unpaired) electrons. The summed E-state index contributed by atoms with van der Waals surface area (Å²) >= 11 is 7.02. The van der Waals surface area contributed by atoms with Gasteiger partial charge < -0.3 is 10.6 Å². The van der Waals surface area contributed by atoms with Crippen LogP contribution in [-0.2, 0) is 0 Å². The van der Waals surface area contributed by atoms with Gasteiger partial charge >= 0.3 is 0 Å². The van der Waals surface area contributed by atoms with Crippen molar-refractivity contribution < 1.29 is 0 Å². The number of thiocarbonyl (C=S) groups is 1. The molecule has 0 amide bonds. The fourth-order valence-corrected chi connectivity index (χ4v) is 2.97. The van der Waals surface area contributed by atoms with Gasteiger partial charge in [-0.05, 0) is 31.2 Å². The van der Waals surface area contributed by atoms with Crippen LogP contribution in [0.25, 0.3) is 0 Å². The Labute approximate surface area is 120 Å². The van der Waals surface area contributed by atoms with Gasteiger partial charge in [-0.15, -0.1) is 11.8 Å². The number of rotatable bonds is 6. The fourth-order valence-electron chi connectivity index (χ4n) is 1.85. The van der Waals surface area contributed by atoms with E-state index in [-0.39, 0.29) is 0 Å². The Hall–Kier alpha value is -0.740. The second-order valence-electron chi connectivity index (χ2n) is 4.32. The Balaban J connectivity index is 3.26. The Morgan fingerprint density at radius 1 is 1.44 bits per heavy atom. The number of nitrogens with two attached hydrogens (primary N) is 1. The zero-order valence-corrected chi connectivity index (χ0v) is 13.2. The van der Waals surface area contributed by atoms with Gasteiger partial charge in [0.15, 0.2) is 0 Å². The summed E-state index contributed by atoms with van der Waals surface area (Å²) in [6.07, 6.45) is 1.10. The number of benzene rings is 1. The average Bonchev–Trinajstić information content (AvgIpc) is 2.36. The summed E-state index contributed by atoms with van der Waals surface area (Å²) in [5.41, 5.74) is 8.07. The maximum absolute atomic E-state index is 5.92. The van der Waals surface area contributed by atoms with Gasteiger partial charge in [-0.2, -0.15) is 0 Å². The molecular weight excluding hydrogens is 260 g/mol. The molecule has 1 aromatic rings. The van der Waals surface area contributed by atoms with Crippen molar-refractivity contribution in [3.8, 4) is 0 Å². The first-order valence-electron chi connectivity index (χ1n) is 6.31. The molecule has 1 atom stereocenters. The Morgan fingerprint density at radius 2 is 2.11 bits per heavy atom. The summed E-state index contributed by atoms with van der Waals surface area (Å²) < 4.78 is 0. The van der Waals surface area contributed by atoms with Gasteiger partial charge in [0.25, 0.3) is 0 Å². The van der Waals surface area contributed by atoms with Gasteiger partial charge in [-0.1, -0.05) is 32.1 Å². The number of anilines is 1. The highest BCUT2D eigenvalue weighted by molar-refractivity contribution is 7.99. The van der Waals surface area contributed by atoms with Crippen LogP contribution in [0.4, 0.5) is 5.69 Å². The molecule has 100 valence electrons. The lowest BCUT2D eigenvalue weighted by molar-refractivity contribution is 0.663. The average molecular weight is 282 g/mol. The molecule has 0 heterocycles. The molecule has 18 heavy (non-hydrogen) atoms. The zero-order valence-electron chi connectivity index (χ0n) is 11.6. The van der Waals surface area contributed by atoms with Crippen molar-refractivity contribution in [1.29, 1.82) is 0 Å². The first-order chi connectivity index (χ1) is 8.52. The van der Waals surface area contributed by atoms with Gasteiger partial charge in [0.1, 0.15) is 4.99 Å². The largest absolute Gasteiger partial charge is 0.389 e. The van der Waals surface area contributed by atoms with E-state index in [0.29, 0.717) is 11.0 Å². The lowest BCUT2D eigenvalue weighted by Gasteiger charge is -2.29. The second-order valence-corrected chi connectivity index (χ2v) is 6.06. The summed E-state index contributed by atoms with van der Waals surface area (Å²) in [6.45, 7) is 6.54. The van der Waals surface area contributed by atoms with Crippen LogP contribution in [0.5, 0.6) is 0 Å². The normalized spacial score (nSPS) is 12.2. The van der Waals surface area contributed by atoms with Crippen molar-refractivity contribution in [2.45, 2.75) is 38.1 Å². The number of hydrogen-bond donors (Lipinski definition) is 1. The van der Waals surface area contributed by atoms with Crippen LogP contribution in [0.2, 0.25) is 0 Å². The molecule has 0 saturated carbocycles. The van der Waals surface area contributed by atoms with E-state index in [0.717, 1.165) is 23.4 Å². The van der Waals surface area contributed by atoms with E-state index in [9.17, 15) is 0 Å². The summed E-state index contributed by atoms with van der Waals surface area (Å²) in [7, 11) is 2.10. The molecule has 0 aliphatic carbocycles. The van der Waals surface area contributed by atoms with Crippen molar-refractivity contribution in [1.82, 2.24) is 0 Å². The third-order valence-corrected chi connectivity index (χ3v) is 4.33. The van der Waals surface area contributed by atoms with Crippen molar-refractivity contribution in [2.24, 2.45) is 5.73 Å². The Bertz CT molecular complexity index is 418. The van der Waals surface area contributed by atoms with E-state index in [1.165, 1.54) is 4.90 Å². The molecule has 1 aromatic carbocycles. The van der Waals surface area contributed by atoms with Gasteiger partial charge in [-0.25, -0.2) is 0 Å². The van der Waals surface area contributed by atoms with E-state index in [1.807, 2.05) is 0 Å². The van der Waals surface area contributed by atoms with E-state index < -0.39 is 0 Å². The van der Waals surface area contributed by atoms with Crippen LogP contribution in [0, 0.1) is 0 Å². The molecule has 4 heteroatoms. The van der Waals surface area contributed by atoms with Gasteiger partial charge in [0.2, 0.25) is 0 Å². The fraction of sp³-hybridized carbons (Fsp3) is 0.500. The first kappa shape index (κ1) is 15.3. The van der Waals surface area contributed by atoms with Crippen molar-refractivity contribution in [3.63, 3.8) is 0 Å². The standard InChI is InChI=1S/C14H22N2S2/c1-5-10(3)16(4)11-8-7-9-12(18-6-2)13(11)14(15)17/h7-10H,5-6H2,1-4H3,(H2,15,17).